The van der Waals surface area contributed by atoms with Crippen LogP contribution in [0.15, 0.2) is 47.1 Å². The molecule has 4 heteroatoms. The van der Waals surface area contributed by atoms with E-state index in [2.05, 4.69) is 0 Å². The van der Waals surface area contributed by atoms with Gasteiger partial charge in [-0.05, 0) is 23.8 Å². The van der Waals surface area contributed by atoms with Crippen LogP contribution >= 0.6 is 11.8 Å². The van der Waals surface area contributed by atoms with Gasteiger partial charge in [-0.15, -0.1) is 11.8 Å². The van der Waals surface area contributed by atoms with Crippen LogP contribution < -0.4 is 0 Å². The molecular formula is C13H12O3S. The van der Waals surface area contributed by atoms with Gasteiger partial charge >= 0.3 is 5.97 Å². The zero-order valence-corrected chi connectivity index (χ0v) is 9.94. The van der Waals surface area contributed by atoms with Gasteiger partial charge in [0.25, 0.3) is 0 Å². The number of hydrogen-bond donors (Lipinski definition) is 1. The van der Waals surface area contributed by atoms with Gasteiger partial charge in [-0.3, -0.25) is 0 Å². The second-order valence-corrected chi connectivity index (χ2v) is 4.52. The maximum Gasteiger partial charge on any atom is 0.335 e. The van der Waals surface area contributed by atoms with Crippen LogP contribution in [0.4, 0.5) is 0 Å². The molecule has 0 unspecified atom stereocenters. The molecule has 1 aromatic heterocycles. The standard InChI is InChI=1S/C13H12O3S/c14-13(15)12-6-2-1-4-10(12)8-17-9-11-5-3-7-16-11/h1-7H,8-9H2,(H,14,15). The maximum absolute atomic E-state index is 11.0. The second-order valence-electron chi connectivity index (χ2n) is 3.53. The van der Waals surface area contributed by atoms with Gasteiger partial charge in [-0.1, -0.05) is 18.2 Å². The summed E-state index contributed by atoms with van der Waals surface area (Å²) in [5.74, 6) is 1.45. The van der Waals surface area contributed by atoms with Crippen molar-refractivity contribution in [2.24, 2.45) is 0 Å². The van der Waals surface area contributed by atoms with E-state index in [1.165, 1.54) is 0 Å². The Morgan fingerprint density at radius 3 is 2.71 bits per heavy atom. The predicted octanol–water partition coefficient (Wildman–Crippen LogP) is 3.41. The van der Waals surface area contributed by atoms with Gasteiger partial charge < -0.3 is 9.52 Å². The van der Waals surface area contributed by atoms with Crippen molar-refractivity contribution in [3.63, 3.8) is 0 Å². The highest BCUT2D eigenvalue weighted by molar-refractivity contribution is 7.97. The summed E-state index contributed by atoms with van der Waals surface area (Å²) in [5.41, 5.74) is 1.22. The maximum atomic E-state index is 11.0. The fourth-order valence-corrected chi connectivity index (χ4v) is 2.45. The number of thioether (sulfide) groups is 1. The third kappa shape index (κ3) is 3.14. The van der Waals surface area contributed by atoms with E-state index in [-0.39, 0.29) is 0 Å². The van der Waals surface area contributed by atoms with Crippen molar-refractivity contribution in [3.05, 3.63) is 59.5 Å². The molecular weight excluding hydrogens is 236 g/mol. The molecule has 0 aliphatic rings. The summed E-state index contributed by atoms with van der Waals surface area (Å²) in [6.07, 6.45) is 1.64. The fraction of sp³-hybridized carbons (Fsp3) is 0.154. The molecule has 1 aromatic carbocycles. The lowest BCUT2D eigenvalue weighted by molar-refractivity contribution is 0.0696. The van der Waals surface area contributed by atoms with Gasteiger partial charge in [-0.2, -0.15) is 0 Å². The molecule has 0 fully saturated rings. The van der Waals surface area contributed by atoms with Crippen molar-refractivity contribution in [1.82, 2.24) is 0 Å². The Bertz CT molecular complexity index is 491. The summed E-state index contributed by atoms with van der Waals surface area (Å²) in [4.78, 5) is 11.0. The minimum atomic E-state index is -0.876. The minimum Gasteiger partial charge on any atom is -0.478 e. The van der Waals surface area contributed by atoms with Crippen LogP contribution in [0.2, 0.25) is 0 Å². The quantitative estimate of drug-likeness (QED) is 0.881. The first-order valence-corrected chi connectivity index (χ1v) is 6.34. The average molecular weight is 248 g/mol. The Morgan fingerprint density at radius 2 is 2.00 bits per heavy atom. The molecule has 0 aliphatic heterocycles. The van der Waals surface area contributed by atoms with Crippen molar-refractivity contribution in [2.45, 2.75) is 11.5 Å². The van der Waals surface area contributed by atoms with Gasteiger partial charge in [0.05, 0.1) is 17.6 Å². The van der Waals surface area contributed by atoms with E-state index in [1.54, 1.807) is 30.2 Å². The van der Waals surface area contributed by atoms with Crippen LogP contribution in [0, 0.1) is 0 Å². The first-order valence-electron chi connectivity index (χ1n) is 5.18. The van der Waals surface area contributed by atoms with Gasteiger partial charge in [-0.25, -0.2) is 4.79 Å². The Hall–Kier alpha value is -1.68. The van der Waals surface area contributed by atoms with Crippen molar-refractivity contribution < 1.29 is 14.3 Å². The van der Waals surface area contributed by atoms with E-state index >= 15 is 0 Å². The molecule has 0 spiro atoms. The number of carboxylic acid groups (broad SMARTS) is 1. The molecule has 1 heterocycles. The molecule has 0 saturated carbocycles. The Balaban J connectivity index is 1.97. The minimum absolute atomic E-state index is 0.374. The average Bonchev–Trinajstić information content (AvgIpc) is 2.82. The largest absolute Gasteiger partial charge is 0.478 e. The third-order valence-corrected chi connectivity index (χ3v) is 3.33. The molecule has 88 valence electrons. The highest BCUT2D eigenvalue weighted by Gasteiger charge is 2.08. The molecule has 17 heavy (non-hydrogen) atoms. The van der Waals surface area contributed by atoms with Crippen LogP contribution in [0.3, 0.4) is 0 Å². The van der Waals surface area contributed by atoms with Crippen molar-refractivity contribution in [2.75, 3.05) is 0 Å². The summed E-state index contributed by atoms with van der Waals surface area (Å²) >= 11 is 1.64. The Morgan fingerprint density at radius 1 is 1.18 bits per heavy atom. The summed E-state index contributed by atoms with van der Waals surface area (Å²) in [5, 5.41) is 9.02. The zero-order valence-electron chi connectivity index (χ0n) is 9.13. The molecule has 0 atom stereocenters. The van der Waals surface area contributed by atoms with Crippen LogP contribution in [0.1, 0.15) is 21.7 Å². The van der Waals surface area contributed by atoms with Gasteiger partial charge in [0, 0.05) is 5.75 Å². The van der Waals surface area contributed by atoms with Crippen molar-refractivity contribution in [3.8, 4) is 0 Å². The topological polar surface area (TPSA) is 50.4 Å². The van der Waals surface area contributed by atoms with E-state index in [1.807, 2.05) is 24.3 Å². The summed E-state index contributed by atoms with van der Waals surface area (Å²) in [6, 6.07) is 10.8. The van der Waals surface area contributed by atoms with E-state index in [9.17, 15) is 4.79 Å². The molecule has 2 rings (SSSR count). The van der Waals surface area contributed by atoms with Crippen LogP contribution in [-0.4, -0.2) is 11.1 Å². The number of aromatic carboxylic acids is 1. The molecule has 0 amide bonds. The smallest absolute Gasteiger partial charge is 0.335 e. The normalized spacial score (nSPS) is 10.4. The number of benzene rings is 1. The third-order valence-electron chi connectivity index (χ3n) is 2.33. The van der Waals surface area contributed by atoms with Crippen LogP contribution in [0.5, 0.6) is 0 Å². The van der Waals surface area contributed by atoms with Crippen molar-refractivity contribution >= 4 is 17.7 Å². The number of carboxylic acids is 1. The lowest BCUT2D eigenvalue weighted by atomic mass is 10.1. The summed E-state index contributed by atoms with van der Waals surface area (Å²) < 4.78 is 5.21. The van der Waals surface area contributed by atoms with Crippen molar-refractivity contribution in [1.29, 1.82) is 0 Å². The van der Waals surface area contributed by atoms with Crippen LogP contribution in [0.25, 0.3) is 0 Å². The van der Waals surface area contributed by atoms with Crippen LogP contribution in [-0.2, 0) is 11.5 Å². The number of hydrogen-bond acceptors (Lipinski definition) is 3. The zero-order chi connectivity index (χ0) is 12.1. The highest BCUT2D eigenvalue weighted by atomic mass is 32.2. The fourth-order valence-electron chi connectivity index (χ4n) is 1.51. The van der Waals surface area contributed by atoms with E-state index in [4.69, 9.17) is 9.52 Å². The Labute approximate surface area is 103 Å². The number of furan rings is 1. The molecule has 0 radical (unpaired) electrons. The number of rotatable bonds is 5. The van der Waals surface area contributed by atoms with E-state index in [0.29, 0.717) is 11.3 Å². The summed E-state index contributed by atoms with van der Waals surface area (Å²) in [7, 11) is 0. The first-order chi connectivity index (χ1) is 8.27. The Kier molecular flexibility index (Phi) is 3.88. The molecule has 0 saturated heterocycles. The molecule has 3 nitrogen and oxygen atoms in total. The SMILES string of the molecule is O=C(O)c1ccccc1CSCc1ccco1. The lowest BCUT2D eigenvalue weighted by Crippen LogP contribution is -2.00. The highest BCUT2D eigenvalue weighted by Crippen LogP contribution is 2.20. The summed E-state index contributed by atoms with van der Waals surface area (Å²) in [6.45, 7) is 0. The monoisotopic (exact) mass is 248 g/mol. The molecule has 1 N–H and O–H groups in total. The van der Waals surface area contributed by atoms with E-state index in [0.717, 1.165) is 17.1 Å². The predicted molar refractivity (Wildman–Crippen MR) is 67.1 cm³/mol. The first kappa shape index (κ1) is 11.8. The molecule has 2 aromatic rings. The van der Waals surface area contributed by atoms with E-state index < -0.39 is 5.97 Å². The second kappa shape index (κ2) is 5.59. The lowest BCUT2D eigenvalue weighted by Gasteiger charge is -2.04. The molecule has 0 aliphatic carbocycles. The molecule has 0 bridgehead atoms. The van der Waals surface area contributed by atoms with Gasteiger partial charge in [0.15, 0.2) is 0 Å². The number of carbonyl (C=O) groups is 1. The van der Waals surface area contributed by atoms with Gasteiger partial charge in [0.2, 0.25) is 0 Å². The van der Waals surface area contributed by atoms with Gasteiger partial charge in [0.1, 0.15) is 5.76 Å².